The van der Waals surface area contributed by atoms with Crippen molar-refractivity contribution in [1.82, 2.24) is 15.5 Å². The molecule has 1 amide bonds. The molecule has 1 heterocycles. The number of likely N-dealkylation sites (N-methyl/N-ethyl adjacent to an activating group) is 1. The van der Waals surface area contributed by atoms with Crippen LogP contribution >= 0.6 is 0 Å². The van der Waals surface area contributed by atoms with Crippen LogP contribution in [0.4, 0.5) is 5.69 Å². The summed E-state index contributed by atoms with van der Waals surface area (Å²) in [6.07, 6.45) is 1.11. The normalized spacial score (nSPS) is 15.7. The van der Waals surface area contributed by atoms with Crippen LogP contribution in [0.15, 0.2) is 24.3 Å². The minimum absolute atomic E-state index is 0.00523. The molecule has 1 aliphatic heterocycles. The van der Waals surface area contributed by atoms with Crippen LogP contribution in [0.5, 0.6) is 0 Å². The first kappa shape index (κ1) is 17.8. The second kappa shape index (κ2) is 9.53. The number of benzene rings is 1. The molecule has 0 unspecified atom stereocenters. The third-order valence-electron chi connectivity index (χ3n) is 4.33. The van der Waals surface area contributed by atoms with Crippen LogP contribution in [0.3, 0.4) is 0 Å². The van der Waals surface area contributed by atoms with E-state index in [1.54, 1.807) is 0 Å². The van der Waals surface area contributed by atoms with E-state index in [4.69, 9.17) is 0 Å². The van der Waals surface area contributed by atoms with Crippen molar-refractivity contribution in [3.05, 3.63) is 29.8 Å². The van der Waals surface area contributed by atoms with Crippen LogP contribution in [0.25, 0.3) is 0 Å². The van der Waals surface area contributed by atoms with Gasteiger partial charge in [0.15, 0.2) is 0 Å². The third kappa shape index (κ3) is 5.52. The highest BCUT2D eigenvalue weighted by Crippen LogP contribution is 2.17. The van der Waals surface area contributed by atoms with Crippen LogP contribution in [-0.4, -0.2) is 63.2 Å². The van der Waals surface area contributed by atoms with E-state index in [2.05, 4.69) is 46.4 Å². The van der Waals surface area contributed by atoms with Crippen LogP contribution < -0.4 is 15.5 Å². The van der Waals surface area contributed by atoms with Gasteiger partial charge in [0, 0.05) is 50.5 Å². The van der Waals surface area contributed by atoms with Crippen molar-refractivity contribution in [2.75, 3.05) is 57.3 Å². The van der Waals surface area contributed by atoms with E-state index in [1.807, 2.05) is 12.1 Å². The molecule has 1 saturated heterocycles. The summed E-state index contributed by atoms with van der Waals surface area (Å²) in [6.45, 7) is 12.3. The second-order valence-corrected chi connectivity index (χ2v) is 5.97. The van der Waals surface area contributed by atoms with E-state index in [9.17, 15) is 4.79 Å². The van der Waals surface area contributed by atoms with E-state index >= 15 is 0 Å². The van der Waals surface area contributed by atoms with E-state index in [0.29, 0.717) is 6.54 Å². The van der Waals surface area contributed by atoms with Crippen molar-refractivity contribution in [3.63, 3.8) is 0 Å². The van der Waals surface area contributed by atoms with Crippen molar-refractivity contribution >= 4 is 11.6 Å². The zero-order chi connectivity index (χ0) is 16.5. The predicted octanol–water partition coefficient (Wildman–Crippen LogP) is 1.56. The lowest BCUT2D eigenvalue weighted by Crippen LogP contribution is -2.46. The summed E-state index contributed by atoms with van der Waals surface area (Å²) >= 11 is 0. The molecule has 0 aromatic heterocycles. The summed E-state index contributed by atoms with van der Waals surface area (Å²) in [5, 5.41) is 6.23. The van der Waals surface area contributed by atoms with Gasteiger partial charge in [-0.25, -0.2) is 0 Å². The maximum absolute atomic E-state index is 12.1. The maximum Gasteiger partial charge on any atom is 0.251 e. The van der Waals surface area contributed by atoms with Gasteiger partial charge in [0.1, 0.15) is 0 Å². The molecular weight excluding hydrogens is 288 g/mol. The molecule has 0 radical (unpaired) electrons. The number of carbonyl (C=O) groups excluding carboxylic acids is 1. The molecule has 5 nitrogen and oxygen atoms in total. The highest BCUT2D eigenvalue weighted by atomic mass is 16.1. The number of hydrogen-bond donors (Lipinski definition) is 2. The Morgan fingerprint density at radius 1 is 1.00 bits per heavy atom. The number of hydrogen-bond acceptors (Lipinski definition) is 4. The van der Waals surface area contributed by atoms with Crippen LogP contribution in [0.2, 0.25) is 0 Å². The summed E-state index contributed by atoms with van der Waals surface area (Å²) in [4.78, 5) is 16.9. The molecule has 1 aromatic carbocycles. The fourth-order valence-corrected chi connectivity index (χ4v) is 2.81. The molecule has 0 bridgehead atoms. The number of nitrogens with zero attached hydrogens (tertiary/aromatic N) is 2. The van der Waals surface area contributed by atoms with Gasteiger partial charge in [-0.15, -0.1) is 0 Å². The Morgan fingerprint density at radius 2 is 1.70 bits per heavy atom. The van der Waals surface area contributed by atoms with E-state index in [0.717, 1.165) is 57.8 Å². The lowest BCUT2D eigenvalue weighted by atomic mass is 10.1. The second-order valence-electron chi connectivity index (χ2n) is 5.97. The average molecular weight is 318 g/mol. The fraction of sp³-hybridized carbons (Fsp3) is 0.611. The van der Waals surface area contributed by atoms with Crippen molar-refractivity contribution in [3.8, 4) is 0 Å². The minimum atomic E-state index is 0.00523. The lowest BCUT2D eigenvalue weighted by molar-refractivity contribution is 0.0954. The molecule has 23 heavy (non-hydrogen) atoms. The Morgan fingerprint density at radius 3 is 2.30 bits per heavy atom. The average Bonchev–Trinajstić information content (AvgIpc) is 2.61. The highest BCUT2D eigenvalue weighted by molar-refractivity contribution is 5.94. The molecule has 1 fully saturated rings. The molecule has 5 heteroatoms. The Hall–Kier alpha value is -1.59. The van der Waals surface area contributed by atoms with Crippen molar-refractivity contribution in [2.24, 2.45) is 0 Å². The molecular formula is C18H30N4O. The SMILES string of the molecule is CCCNCCNC(=O)c1ccc(N2CCN(CC)CC2)cc1. The largest absolute Gasteiger partial charge is 0.369 e. The van der Waals surface area contributed by atoms with E-state index < -0.39 is 0 Å². The molecule has 128 valence electrons. The van der Waals surface area contributed by atoms with Gasteiger partial charge in [0.2, 0.25) is 0 Å². The first-order valence-electron chi connectivity index (χ1n) is 8.81. The van der Waals surface area contributed by atoms with Crippen LogP contribution in [-0.2, 0) is 0 Å². The summed E-state index contributed by atoms with van der Waals surface area (Å²) in [5.74, 6) is 0.00523. The number of carbonyl (C=O) groups is 1. The van der Waals surface area contributed by atoms with Crippen LogP contribution in [0.1, 0.15) is 30.6 Å². The number of nitrogens with one attached hydrogen (secondary N) is 2. The van der Waals surface area contributed by atoms with Gasteiger partial charge in [-0.1, -0.05) is 13.8 Å². The summed E-state index contributed by atoms with van der Waals surface area (Å²) in [5.41, 5.74) is 1.94. The van der Waals surface area contributed by atoms with Gasteiger partial charge in [0.25, 0.3) is 5.91 Å². The number of anilines is 1. The minimum Gasteiger partial charge on any atom is -0.369 e. The van der Waals surface area contributed by atoms with Crippen molar-refractivity contribution in [1.29, 1.82) is 0 Å². The zero-order valence-electron chi connectivity index (χ0n) is 14.5. The molecule has 2 N–H and O–H groups in total. The van der Waals surface area contributed by atoms with E-state index in [1.165, 1.54) is 5.69 Å². The van der Waals surface area contributed by atoms with Crippen molar-refractivity contribution in [2.45, 2.75) is 20.3 Å². The van der Waals surface area contributed by atoms with Gasteiger partial charge in [-0.3, -0.25) is 4.79 Å². The Kier molecular flexibility index (Phi) is 7.36. The number of piperazine rings is 1. The monoisotopic (exact) mass is 318 g/mol. The third-order valence-corrected chi connectivity index (χ3v) is 4.33. The lowest BCUT2D eigenvalue weighted by Gasteiger charge is -2.35. The molecule has 2 rings (SSSR count). The van der Waals surface area contributed by atoms with Gasteiger partial charge >= 0.3 is 0 Å². The zero-order valence-corrected chi connectivity index (χ0v) is 14.5. The molecule has 1 aliphatic rings. The number of amides is 1. The highest BCUT2D eigenvalue weighted by Gasteiger charge is 2.16. The molecule has 1 aromatic rings. The molecule has 0 aliphatic carbocycles. The van der Waals surface area contributed by atoms with Gasteiger partial charge < -0.3 is 20.4 Å². The first-order valence-corrected chi connectivity index (χ1v) is 8.81. The summed E-state index contributed by atoms with van der Waals surface area (Å²) in [7, 11) is 0. The van der Waals surface area contributed by atoms with Gasteiger partial charge in [-0.05, 0) is 43.8 Å². The number of rotatable bonds is 8. The molecule has 0 atom stereocenters. The van der Waals surface area contributed by atoms with Crippen LogP contribution in [0, 0.1) is 0 Å². The van der Waals surface area contributed by atoms with Crippen molar-refractivity contribution < 1.29 is 4.79 Å². The molecule has 0 saturated carbocycles. The Balaban J connectivity index is 1.78. The topological polar surface area (TPSA) is 47.6 Å². The maximum atomic E-state index is 12.1. The predicted molar refractivity (Wildman–Crippen MR) is 96.3 cm³/mol. The van der Waals surface area contributed by atoms with Gasteiger partial charge in [0.05, 0.1) is 0 Å². The first-order chi connectivity index (χ1) is 11.2. The smallest absolute Gasteiger partial charge is 0.251 e. The quantitative estimate of drug-likeness (QED) is 0.714. The Bertz CT molecular complexity index is 466. The summed E-state index contributed by atoms with van der Waals surface area (Å²) in [6, 6.07) is 7.98. The summed E-state index contributed by atoms with van der Waals surface area (Å²) < 4.78 is 0. The van der Waals surface area contributed by atoms with Gasteiger partial charge in [-0.2, -0.15) is 0 Å². The fourth-order valence-electron chi connectivity index (χ4n) is 2.81. The Labute approximate surface area is 140 Å². The van der Waals surface area contributed by atoms with E-state index in [-0.39, 0.29) is 5.91 Å². The standard InChI is InChI=1S/C18H30N4O/c1-3-9-19-10-11-20-18(23)16-5-7-17(8-6-16)22-14-12-21(4-2)13-15-22/h5-8,19H,3-4,9-15H2,1-2H3,(H,20,23). The molecule has 0 spiro atoms.